The Labute approximate surface area is 122 Å². The number of carbonyl (C=O) groups excluding carboxylic acids is 2. The highest BCUT2D eigenvalue weighted by atomic mass is 35.5. The minimum Gasteiger partial charge on any atom is -0.459 e. The molecule has 2 heterocycles. The number of ether oxygens (including phenoxy) is 3. The molecule has 20 heavy (non-hydrogen) atoms. The SMILES string of the molecule is CC(OC(=O)CCl)OC1C2CC3CC(C2)C(=O)OC1C3. The molecule has 6 heteroatoms. The van der Waals surface area contributed by atoms with E-state index in [2.05, 4.69) is 0 Å². The molecule has 2 saturated heterocycles. The zero-order chi connectivity index (χ0) is 14.3. The van der Waals surface area contributed by atoms with Gasteiger partial charge in [0.2, 0.25) is 6.29 Å². The molecule has 0 aromatic rings. The molecule has 0 aromatic carbocycles. The summed E-state index contributed by atoms with van der Waals surface area (Å²) in [5.74, 6) is 0.135. The van der Waals surface area contributed by atoms with Gasteiger partial charge in [-0.15, -0.1) is 11.6 Å². The zero-order valence-electron chi connectivity index (χ0n) is 11.4. The van der Waals surface area contributed by atoms with E-state index >= 15 is 0 Å². The molecule has 4 aliphatic rings. The molecule has 0 N–H and O–H groups in total. The summed E-state index contributed by atoms with van der Waals surface area (Å²) < 4.78 is 16.4. The molecule has 0 aromatic heterocycles. The number of halogens is 1. The fraction of sp³-hybridized carbons (Fsp3) is 0.857. The Morgan fingerprint density at radius 3 is 2.95 bits per heavy atom. The highest BCUT2D eigenvalue weighted by Crippen LogP contribution is 2.48. The third kappa shape index (κ3) is 2.66. The zero-order valence-corrected chi connectivity index (χ0v) is 12.2. The Morgan fingerprint density at radius 1 is 1.40 bits per heavy atom. The number of esters is 2. The first-order valence-corrected chi connectivity index (χ1v) is 7.71. The molecule has 5 nitrogen and oxygen atoms in total. The standard InChI is InChI=1S/C14H19ClO5/c1-7(18-12(16)6-15)19-13-9-2-8-3-10(5-9)14(17)20-11(13)4-8/h7-11,13H,2-6H2,1H3. The van der Waals surface area contributed by atoms with E-state index in [4.69, 9.17) is 25.8 Å². The van der Waals surface area contributed by atoms with Crippen LogP contribution in [0.25, 0.3) is 0 Å². The van der Waals surface area contributed by atoms with Gasteiger partial charge in [-0.05, 0) is 44.4 Å². The average molecular weight is 303 g/mol. The summed E-state index contributed by atoms with van der Waals surface area (Å²) in [4.78, 5) is 23.1. The summed E-state index contributed by atoms with van der Waals surface area (Å²) in [5, 5.41) is 0. The van der Waals surface area contributed by atoms with Crippen LogP contribution in [0.4, 0.5) is 0 Å². The average Bonchev–Trinajstić information content (AvgIpc) is 2.57. The van der Waals surface area contributed by atoms with Crippen molar-refractivity contribution >= 4 is 23.5 Å². The Morgan fingerprint density at radius 2 is 2.20 bits per heavy atom. The topological polar surface area (TPSA) is 61.8 Å². The van der Waals surface area contributed by atoms with Crippen LogP contribution in [0.3, 0.4) is 0 Å². The molecule has 4 fully saturated rings. The van der Waals surface area contributed by atoms with Crippen molar-refractivity contribution in [1.82, 2.24) is 0 Å². The van der Waals surface area contributed by atoms with Crippen LogP contribution < -0.4 is 0 Å². The first-order chi connectivity index (χ1) is 9.56. The lowest BCUT2D eigenvalue weighted by Gasteiger charge is -2.42. The lowest BCUT2D eigenvalue weighted by Crippen LogP contribution is -2.46. The van der Waals surface area contributed by atoms with Gasteiger partial charge in [0.1, 0.15) is 18.1 Å². The summed E-state index contributed by atoms with van der Waals surface area (Å²) in [6, 6.07) is 0. The quantitative estimate of drug-likeness (QED) is 0.451. The summed E-state index contributed by atoms with van der Waals surface area (Å²) in [5.41, 5.74) is 0. The van der Waals surface area contributed by atoms with E-state index in [1.54, 1.807) is 6.92 Å². The number of alkyl halides is 1. The molecular weight excluding hydrogens is 284 g/mol. The van der Waals surface area contributed by atoms with Crippen molar-refractivity contribution in [2.75, 3.05) is 5.88 Å². The summed E-state index contributed by atoms with van der Waals surface area (Å²) in [6.07, 6.45) is 2.68. The molecule has 0 spiro atoms. The predicted molar refractivity (Wildman–Crippen MR) is 70.0 cm³/mol. The largest absolute Gasteiger partial charge is 0.459 e. The van der Waals surface area contributed by atoms with Crippen molar-refractivity contribution in [2.24, 2.45) is 17.8 Å². The molecule has 4 bridgehead atoms. The van der Waals surface area contributed by atoms with Crippen molar-refractivity contribution < 1.29 is 23.8 Å². The maximum Gasteiger partial charge on any atom is 0.323 e. The molecule has 0 radical (unpaired) electrons. The predicted octanol–water partition coefficient (Wildman–Crippen LogP) is 1.86. The maximum absolute atomic E-state index is 11.9. The van der Waals surface area contributed by atoms with Crippen LogP contribution in [0.1, 0.15) is 32.6 Å². The van der Waals surface area contributed by atoms with Gasteiger partial charge in [0.25, 0.3) is 0 Å². The lowest BCUT2D eigenvalue weighted by atomic mass is 9.67. The third-order valence-electron chi connectivity index (χ3n) is 4.59. The molecule has 6 unspecified atom stereocenters. The fourth-order valence-electron chi connectivity index (χ4n) is 3.93. The second-order valence-electron chi connectivity index (χ2n) is 6.03. The lowest BCUT2D eigenvalue weighted by molar-refractivity contribution is -0.212. The van der Waals surface area contributed by atoms with Gasteiger partial charge >= 0.3 is 11.9 Å². The second kappa shape index (κ2) is 5.53. The molecule has 6 atom stereocenters. The molecule has 2 aliphatic heterocycles. The van der Waals surface area contributed by atoms with Crippen molar-refractivity contribution in [3.63, 3.8) is 0 Å². The molecule has 2 aliphatic carbocycles. The Hall–Kier alpha value is -0.810. The van der Waals surface area contributed by atoms with Gasteiger partial charge in [0, 0.05) is 0 Å². The van der Waals surface area contributed by atoms with Crippen molar-refractivity contribution in [2.45, 2.75) is 51.1 Å². The number of carbonyl (C=O) groups is 2. The van der Waals surface area contributed by atoms with E-state index < -0.39 is 12.3 Å². The maximum atomic E-state index is 11.9. The van der Waals surface area contributed by atoms with Crippen molar-refractivity contribution in [1.29, 1.82) is 0 Å². The summed E-state index contributed by atoms with van der Waals surface area (Å²) >= 11 is 5.41. The Balaban J connectivity index is 1.68. The molecule has 2 saturated carbocycles. The summed E-state index contributed by atoms with van der Waals surface area (Å²) in [6.45, 7) is 1.67. The molecule has 0 amide bonds. The van der Waals surface area contributed by atoms with Gasteiger partial charge in [0.15, 0.2) is 0 Å². The van der Waals surface area contributed by atoms with E-state index in [9.17, 15) is 9.59 Å². The van der Waals surface area contributed by atoms with Crippen molar-refractivity contribution in [3.05, 3.63) is 0 Å². The number of hydrogen-bond donors (Lipinski definition) is 0. The monoisotopic (exact) mass is 302 g/mol. The van der Waals surface area contributed by atoms with E-state index in [0.29, 0.717) is 11.8 Å². The number of rotatable bonds is 4. The van der Waals surface area contributed by atoms with Gasteiger partial charge in [-0.25, -0.2) is 0 Å². The summed E-state index contributed by atoms with van der Waals surface area (Å²) in [7, 11) is 0. The second-order valence-corrected chi connectivity index (χ2v) is 6.30. The van der Waals surface area contributed by atoms with Gasteiger partial charge < -0.3 is 14.2 Å². The van der Waals surface area contributed by atoms with Crippen LogP contribution in [-0.4, -0.2) is 36.3 Å². The third-order valence-corrected chi connectivity index (χ3v) is 4.81. The molecule has 112 valence electrons. The highest BCUT2D eigenvalue weighted by molar-refractivity contribution is 6.26. The van der Waals surface area contributed by atoms with Gasteiger partial charge in [-0.3, -0.25) is 9.59 Å². The van der Waals surface area contributed by atoms with Crippen LogP contribution in [0.2, 0.25) is 0 Å². The molecular formula is C14H19ClO5. The Kier molecular flexibility index (Phi) is 3.91. The van der Waals surface area contributed by atoms with Crippen LogP contribution in [0.15, 0.2) is 0 Å². The van der Waals surface area contributed by atoms with Crippen molar-refractivity contribution in [3.8, 4) is 0 Å². The van der Waals surface area contributed by atoms with Crippen LogP contribution >= 0.6 is 11.6 Å². The highest BCUT2D eigenvalue weighted by Gasteiger charge is 2.51. The van der Waals surface area contributed by atoms with Crippen LogP contribution in [-0.2, 0) is 23.8 Å². The van der Waals surface area contributed by atoms with E-state index in [1.807, 2.05) is 0 Å². The van der Waals surface area contributed by atoms with E-state index in [0.717, 1.165) is 25.7 Å². The smallest absolute Gasteiger partial charge is 0.323 e. The first-order valence-electron chi connectivity index (χ1n) is 7.18. The van der Waals surface area contributed by atoms with Gasteiger partial charge in [-0.2, -0.15) is 0 Å². The van der Waals surface area contributed by atoms with Gasteiger partial charge in [0.05, 0.1) is 5.92 Å². The van der Waals surface area contributed by atoms with E-state index in [1.165, 1.54) is 0 Å². The fourth-order valence-corrected chi connectivity index (χ4v) is 3.99. The van der Waals surface area contributed by atoms with E-state index in [-0.39, 0.29) is 30.0 Å². The van der Waals surface area contributed by atoms with Gasteiger partial charge in [-0.1, -0.05) is 0 Å². The van der Waals surface area contributed by atoms with Crippen LogP contribution in [0, 0.1) is 17.8 Å². The van der Waals surface area contributed by atoms with Crippen LogP contribution in [0.5, 0.6) is 0 Å². The Bertz CT molecular complexity index is 412. The normalized spacial score (nSPS) is 40.1. The first kappa shape index (κ1) is 14.1. The number of hydrogen-bond acceptors (Lipinski definition) is 5. The molecule has 4 rings (SSSR count). The minimum absolute atomic E-state index is 0.0260. The minimum atomic E-state index is -0.664. The number of fused-ring (bicyclic) bond motifs is 1.